The molecular formula is C48H49BF2N8O7. The third-order valence-electron chi connectivity index (χ3n) is 14.5. The smallest absolute Gasteiger partial charge is 0.410 e. The van der Waals surface area contributed by atoms with Gasteiger partial charge in [-0.1, -0.05) is 24.2 Å². The van der Waals surface area contributed by atoms with Gasteiger partial charge in [-0.2, -0.15) is 5.10 Å². The molecule has 3 aliphatic heterocycles. The van der Waals surface area contributed by atoms with Crippen LogP contribution in [-0.4, -0.2) is 77.4 Å². The van der Waals surface area contributed by atoms with Crippen LogP contribution in [0.2, 0.25) is 0 Å². The Morgan fingerprint density at radius 1 is 0.985 bits per heavy atom. The number of carbonyl (C=O) groups is 1. The number of aromatic nitrogens is 7. The van der Waals surface area contributed by atoms with Crippen molar-refractivity contribution >= 4 is 29.4 Å². The summed E-state index contributed by atoms with van der Waals surface area (Å²) in [4.78, 5) is 47.3. The molecule has 66 heavy (non-hydrogen) atoms. The van der Waals surface area contributed by atoms with Crippen molar-refractivity contribution in [2.45, 2.75) is 96.9 Å². The molecule has 11 rings (SSSR count). The van der Waals surface area contributed by atoms with Gasteiger partial charge in [0.25, 0.3) is 5.91 Å². The van der Waals surface area contributed by atoms with Crippen molar-refractivity contribution in [3.05, 3.63) is 139 Å². The van der Waals surface area contributed by atoms with Crippen molar-refractivity contribution in [1.29, 1.82) is 0 Å². The molecule has 0 bridgehead atoms. The number of fused-ring (bicyclic) bond motifs is 3. The average molecular weight is 899 g/mol. The standard InChI is InChI=1S/C48H49BF2N8O7/c1-25-18-32(19-26(2)40(25)50)59-42(57-16-15-56(46(57)62)37-11-9-34-33(41(37)51)24-65-49(34)63-7)39-28(4)55(14-12-35(39)53-59)43(60)38-21-31-20-29(30-13-17-64-47(5,6)23-30)8-10-36(31)58(38)48(22-27(48)3)44-52-45(61)66-54-44/h8-11,15-16,18-21,27-28,30H,12-14,17,22-24H2,1-7H3,(H,52,54,61). The van der Waals surface area contributed by atoms with Gasteiger partial charge in [0.2, 0.25) is 0 Å². The van der Waals surface area contributed by atoms with Crippen molar-refractivity contribution in [3.8, 4) is 17.2 Å². The molecule has 1 aliphatic carbocycles. The lowest BCUT2D eigenvalue weighted by atomic mass is 9.78. The first-order chi connectivity index (χ1) is 31.6. The number of rotatable bonds is 8. The van der Waals surface area contributed by atoms with Crippen molar-refractivity contribution in [1.82, 2.24) is 38.5 Å². The fourth-order valence-corrected chi connectivity index (χ4v) is 11.0. The molecular weight excluding hydrogens is 849 g/mol. The predicted molar refractivity (Wildman–Crippen MR) is 240 cm³/mol. The first-order valence-electron chi connectivity index (χ1n) is 22.4. The molecule has 7 heterocycles. The second-order valence-corrected chi connectivity index (χ2v) is 19.0. The minimum atomic E-state index is -0.862. The van der Waals surface area contributed by atoms with Gasteiger partial charge in [-0.15, -0.1) is 0 Å². The summed E-state index contributed by atoms with van der Waals surface area (Å²) in [6.07, 6.45) is 5.72. The minimum Gasteiger partial charge on any atom is -0.410 e. The van der Waals surface area contributed by atoms with E-state index in [0.29, 0.717) is 82.4 Å². The van der Waals surface area contributed by atoms with Crippen molar-refractivity contribution in [2.75, 3.05) is 20.3 Å². The number of carbonyl (C=O) groups excluding carboxylic acids is 1. The van der Waals surface area contributed by atoms with E-state index in [1.165, 1.54) is 28.5 Å². The van der Waals surface area contributed by atoms with Gasteiger partial charge in [-0.25, -0.2) is 23.1 Å². The number of aryl methyl sites for hydroxylation is 2. The number of imidazole rings is 1. The van der Waals surface area contributed by atoms with Gasteiger partial charge in [0.1, 0.15) is 22.9 Å². The number of aromatic amines is 1. The van der Waals surface area contributed by atoms with Crippen LogP contribution in [0, 0.1) is 31.4 Å². The summed E-state index contributed by atoms with van der Waals surface area (Å²) in [6, 6.07) is 14.2. The van der Waals surface area contributed by atoms with Gasteiger partial charge in [0.05, 0.1) is 35.3 Å². The molecule has 1 N–H and O–H groups in total. The van der Waals surface area contributed by atoms with Gasteiger partial charge < -0.3 is 23.5 Å². The summed E-state index contributed by atoms with van der Waals surface area (Å²) >= 11 is 0. The number of benzene rings is 3. The number of nitrogens with zero attached hydrogens (tertiary/aromatic N) is 7. The number of hydrogen-bond acceptors (Lipinski definition) is 9. The maximum Gasteiger partial charge on any atom is 0.494 e. The number of ether oxygens (including phenoxy) is 1. The van der Waals surface area contributed by atoms with Crippen molar-refractivity contribution in [2.24, 2.45) is 5.92 Å². The van der Waals surface area contributed by atoms with Crippen LogP contribution in [0.5, 0.6) is 0 Å². The van der Waals surface area contributed by atoms with Crippen LogP contribution < -0.4 is 16.9 Å². The number of nitrogens with one attached hydrogen (secondary N) is 1. The highest BCUT2D eigenvalue weighted by Crippen LogP contribution is 2.56. The highest BCUT2D eigenvalue weighted by Gasteiger charge is 2.59. The SMILES string of the molecule is COB1OCc2c1ccc(-n1ccn(-c3c4c(nn3-c3cc(C)c(F)c(C)c3)CCN(C(=O)c3cc5cc(C6CCOC(C)(C)C6)ccc5n3C3(c5noc(=O)[nH]5)CC3C)C4C)c1=O)c2F. The van der Waals surface area contributed by atoms with Gasteiger partial charge in [-0.3, -0.25) is 23.4 Å². The summed E-state index contributed by atoms with van der Waals surface area (Å²) in [7, 11) is 0.767. The molecule has 3 aromatic carbocycles. The lowest BCUT2D eigenvalue weighted by Crippen LogP contribution is -2.41. The monoisotopic (exact) mass is 898 g/mol. The van der Waals surface area contributed by atoms with Gasteiger partial charge >= 0.3 is 18.6 Å². The Morgan fingerprint density at radius 2 is 1.74 bits per heavy atom. The maximum absolute atomic E-state index is 16.3. The van der Waals surface area contributed by atoms with Crippen LogP contribution in [0.1, 0.15) is 109 Å². The molecule has 4 atom stereocenters. The molecule has 15 nitrogen and oxygen atoms in total. The lowest BCUT2D eigenvalue weighted by Gasteiger charge is -2.35. The summed E-state index contributed by atoms with van der Waals surface area (Å²) in [6.45, 7) is 12.5. The van der Waals surface area contributed by atoms with E-state index in [2.05, 4.69) is 49.1 Å². The Labute approximate surface area is 378 Å². The Bertz CT molecular complexity index is 3250. The van der Waals surface area contributed by atoms with Gasteiger partial charge in [-0.05, 0) is 124 Å². The molecule has 4 aromatic heterocycles. The highest BCUT2D eigenvalue weighted by molar-refractivity contribution is 6.62. The van der Waals surface area contributed by atoms with E-state index in [4.69, 9.17) is 23.7 Å². The number of amides is 1. The molecule has 340 valence electrons. The van der Waals surface area contributed by atoms with Gasteiger partial charge in [0.15, 0.2) is 11.6 Å². The normalized spacial score (nSPS) is 22.3. The zero-order chi connectivity index (χ0) is 46.1. The Balaban J connectivity index is 1.05. The molecule has 1 saturated heterocycles. The van der Waals surface area contributed by atoms with Crippen LogP contribution in [0.15, 0.2) is 75.0 Å². The van der Waals surface area contributed by atoms with Crippen molar-refractivity contribution in [3.63, 3.8) is 0 Å². The molecule has 0 spiro atoms. The number of H-pyrrole nitrogens is 1. The van der Waals surface area contributed by atoms with E-state index >= 15 is 13.6 Å². The molecule has 4 unspecified atom stereocenters. The van der Waals surface area contributed by atoms with Gasteiger partial charge in [0, 0.05) is 61.1 Å². The van der Waals surface area contributed by atoms with Crippen molar-refractivity contribution < 1.29 is 32.1 Å². The largest absolute Gasteiger partial charge is 0.494 e. The Morgan fingerprint density at radius 3 is 2.44 bits per heavy atom. The second-order valence-electron chi connectivity index (χ2n) is 19.0. The lowest BCUT2D eigenvalue weighted by molar-refractivity contribution is -0.0592. The van der Waals surface area contributed by atoms with E-state index in [-0.39, 0.29) is 41.5 Å². The second kappa shape index (κ2) is 15.1. The number of hydrogen-bond donors (Lipinski definition) is 1. The van der Waals surface area contributed by atoms with Crippen LogP contribution in [0.25, 0.3) is 28.1 Å². The molecule has 0 radical (unpaired) electrons. The minimum absolute atomic E-state index is 0.00504. The Kier molecular flexibility index (Phi) is 9.66. The van der Waals surface area contributed by atoms with E-state index in [9.17, 15) is 9.59 Å². The average Bonchev–Trinajstić information content (AvgIpc) is 3.94. The van der Waals surface area contributed by atoms with E-state index in [1.807, 2.05) is 17.6 Å². The van der Waals surface area contributed by atoms with Crippen LogP contribution in [0.4, 0.5) is 8.78 Å². The summed E-state index contributed by atoms with van der Waals surface area (Å²) in [5.41, 5.74) is 4.14. The van der Waals surface area contributed by atoms with Crippen LogP contribution in [-0.2, 0) is 32.6 Å². The van der Waals surface area contributed by atoms with E-state index in [1.54, 1.807) is 47.8 Å². The first-order valence-corrected chi connectivity index (χ1v) is 22.4. The van der Waals surface area contributed by atoms with E-state index < -0.39 is 36.0 Å². The molecule has 7 aromatic rings. The first kappa shape index (κ1) is 42.3. The Hall–Kier alpha value is -6.37. The summed E-state index contributed by atoms with van der Waals surface area (Å²) in [5, 5.41) is 10.1. The topological polar surface area (TPSA) is 157 Å². The maximum atomic E-state index is 16.3. The van der Waals surface area contributed by atoms with Crippen LogP contribution in [0.3, 0.4) is 0 Å². The third kappa shape index (κ3) is 6.35. The predicted octanol–water partition coefficient (Wildman–Crippen LogP) is 6.43. The molecule has 18 heteroatoms. The fraction of sp³-hybridized carbons (Fsp3) is 0.396. The quantitative estimate of drug-likeness (QED) is 0.170. The molecule has 1 saturated carbocycles. The molecule has 1 amide bonds. The fourth-order valence-electron chi connectivity index (χ4n) is 11.0. The highest BCUT2D eigenvalue weighted by atomic mass is 19.1. The van der Waals surface area contributed by atoms with E-state index in [0.717, 1.165) is 29.3 Å². The summed E-state index contributed by atoms with van der Waals surface area (Å²) in [5.74, 6) is -0.958. The molecule has 4 aliphatic rings. The molecule has 2 fully saturated rings. The number of halogens is 2. The van der Waals surface area contributed by atoms with Crippen LogP contribution >= 0.6 is 0 Å². The zero-order valence-electron chi connectivity index (χ0n) is 37.8. The summed E-state index contributed by atoms with van der Waals surface area (Å²) < 4.78 is 59.8. The third-order valence-corrected chi connectivity index (χ3v) is 14.5. The zero-order valence-corrected chi connectivity index (χ0v) is 37.8.